The highest BCUT2D eigenvalue weighted by Gasteiger charge is 2.24. The summed E-state index contributed by atoms with van der Waals surface area (Å²) in [6.45, 7) is 3.31. The van der Waals surface area contributed by atoms with Crippen molar-refractivity contribution < 1.29 is 19.0 Å². The quantitative estimate of drug-likeness (QED) is 0.727. The van der Waals surface area contributed by atoms with Gasteiger partial charge in [-0.05, 0) is 40.9 Å². The molecule has 2 rings (SSSR count). The Bertz CT molecular complexity index is 670. The van der Waals surface area contributed by atoms with Gasteiger partial charge in [-0.15, -0.1) is 0 Å². The standard InChI is InChI=1S/C18H23NO4S/c1-5-9-19(11-13-8-10-24-12-13)18(20)14-6-7-15(21-2)17(23-4)16(14)22-3/h6-8,10,12H,5,9,11H2,1-4H3. The Hall–Kier alpha value is -2.21. The number of amides is 1. The van der Waals surface area contributed by atoms with Crippen molar-refractivity contribution in [3.63, 3.8) is 0 Å². The summed E-state index contributed by atoms with van der Waals surface area (Å²) in [5.74, 6) is 1.28. The Labute approximate surface area is 146 Å². The largest absolute Gasteiger partial charge is 0.493 e. The minimum atomic E-state index is -0.0825. The lowest BCUT2D eigenvalue weighted by Gasteiger charge is -2.24. The van der Waals surface area contributed by atoms with Gasteiger partial charge >= 0.3 is 0 Å². The number of nitrogens with zero attached hydrogens (tertiary/aromatic N) is 1. The zero-order valence-corrected chi connectivity index (χ0v) is 15.3. The van der Waals surface area contributed by atoms with E-state index in [0.717, 1.165) is 12.0 Å². The van der Waals surface area contributed by atoms with Crippen molar-refractivity contribution >= 4 is 17.2 Å². The number of rotatable bonds is 8. The topological polar surface area (TPSA) is 48.0 Å². The molecule has 2 aromatic rings. The molecule has 6 heteroatoms. The van der Waals surface area contributed by atoms with E-state index in [1.54, 1.807) is 30.6 Å². The molecule has 0 bridgehead atoms. The van der Waals surface area contributed by atoms with Gasteiger partial charge in [-0.25, -0.2) is 0 Å². The van der Waals surface area contributed by atoms with E-state index in [1.807, 2.05) is 16.3 Å². The Morgan fingerprint density at radius 3 is 2.38 bits per heavy atom. The van der Waals surface area contributed by atoms with E-state index in [0.29, 0.717) is 35.9 Å². The van der Waals surface area contributed by atoms with Crippen LogP contribution in [0.3, 0.4) is 0 Å². The maximum absolute atomic E-state index is 13.1. The molecule has 5 nitrogen and oxygen atoms in total. The third-order valence-electron chi connectivity index (χ3n) is 3.67. The van der Waals surface area contributed by atoms with E-state index >= 15 is 0 Å². The molecule has 0 atom stereocenters. The fraction of sp³-hybridized carbons (Fsp3) is 0.389. The summed E-state index contributed by atoms with van der Waals surface area (Å²) >= 11 is 1.63. The zero-order valence-electron chi connectivity index (χ0n) is 14.5. The first-order valence-electron chi connectivity index (χ1n) is 7.75. The minimum absolute atomic E-state index is 0.0825. The van der Waals surface area contributed by atoms with Gasteiger partial charge < -0.3 is 19.1 Å². The van der Waals surface area contributed by atoms with Crippen molar-refractivity contribution in [2.75, 3.05) is 27.9 Å². The van der Waals surface area contributed by atoms with E-state index in [2.05, 4.69) is 12.3 Å². The van der Waals surface area contributed by atoms with Gasteiger partial charge in [0.15, 0.2) is 11.5 Å². The molecule has 1 heterocycles. The van der Waals surface area contributed by atoms with E-state index < -0.39 is 0 Å². The molecule has 24 heavy (non-hydrogen) atoms. The average molecular weight is 349 g/mol. The fourth-order valence-electron chi connectivity index (χ4n) is 2.57. The van der Waals surface area contributed by atoms with Gasteiger partial charge in [-0.3, -0.25) is 4.79 Å². The molecule has 0 radical (unpaired) electrons. The van der Waals surface area contributed by atoms with Crippen LogP contribution in [0.5, 0.6) is 17.2 Å². The highest BCUT2D eigenvalue weighted by atomic mass is 32.1. The normalized spacial score (nSPS) is 10.3. The first kappa shape index (κ1) is 18.1. The number of carbonyl (C=O) groups is 1. The summed E-state index contributed by atoms with van der Waals surface area (Å²) in [5.41, 5.74) is 1.60. The van der Waals surface area contributed by atoms with E-state index in [9.17, 15) is 4.79 Å². The number of methoxy groups -OCH3 is 3. The number of benzene rings is 1. The van der Waals surface area contributed by atoms with Gasteiger partial charge in [0.2, 0.25) is 5.75 Å². The third kappa shape index (κ3) is 3.82. The summed E-state index contributed by atoms with van der Waals surface area (Å²) < 4.78 is 16.1. The summed E-state index contributed by atoms with van der Waals surface area (Å²) in [6, 6.07) is 5.48. The summed E-state index contributed by atoms with van der Waals surface area (Å²) in [6.07, 6.45) is 0.880. The van der Waals surface area contributed by atoms with Crippen molar-refractivity contribution in [1.82, 2.24) is 4.90 Å². The number of hydrogen-bond donors (Lipinski definition) is 0. The van der Waals surface area contributed by atoms with Gasteiger partial charge in [0.05, 0.1) is 26.9 Å². The van der Waals surface area contributed by atoms with Gasteiger partial charge in [0.25, 0.3) is 5.91 Å². The average Bonchev–Trinajstić information content (AvgIpc) is 3.12. The molecule has 0 saturated carbocycles. The first-order chi connectivity index (χ1) is 11.7. The molecular formula is C18H23NO4S. The summed E-state index contributed by atoms with van der Waals surface area (Å²) in [5, 5.41) is 4.07. The lowest BCUT2D eigenvalue weighted by atomic mass is 10.1. The van der Waals surface area contributed by atoms with Crippen molar-refractivity contribution in [1.29, 1.82) is 0 Å². The second-order valence-electron chi connectivity index (χ2n) is 5.24. The van der Waals surface area contributed by atoms with Crippen LogP contribution in [0.4, 0.5) is 0 Å². The van der Waals surface area contributed by atoms with Gasteiger partial charge in [-0.2, -0.15) is 11.3 Å². The second kappa shape index (κ2) is 8.59. The van der Waals surface area contributed by atoms with Crippen LogP contribution >= 0.6 is 11.3 Å². The highest BCUT2D eigenvalue weighted by molar-refractivity contribution is 7.07. The summed E-state index contributed by atoms with van der Waals surface area (Å²) in [4.78, 5) is 14.9. The van der Waals surface area contributed by atoms with Crippen LogP contribution in [-0.4, -0.2) is 38.7 Å². The Morgan fingerprint density at radius 1 is 1.08 bits per heavy atom. The molecule has 0 aliphatic heterocycles. The smallest absolute Gasteiger partial charge is 0.258 e. The number of ether oxygens (including phenoxy) is 3. The van der Waals surface area contributed by atoms with E-state index in [-0.39, 0.29) is 5.91 Å². The number of thiophene rings is 1. The highest BCUT2D eigenvalue weighted by Crippen LogP contribution is 2.40. The van der Waals surface area contributed by atoms with Crippen molar-refractivity contribution in [2.24, 2.45) is 0 Å². The zero-order chi connectivity index (χ0) is 17.5. The van der Waals surface area contributed by atoms with Crippen LogP contribution in [0.1, 0.15) is 29.3 Å². The Kier molecular flexibility index (Phi) is 6.49. The second-order valence-corrected chi connectivity index (χ2v) is 6.02. The molecule has 0 N–H and O–H groups in total. The Balaban J connectivity index is 2.38. The van der Waals surface area contributed by atoms with Crippen LogP contribution in [0.15, 0.2) is 29.0 Å². The molecule has 0 aliphatic carbocycles. The minimum Gasteiger partial charge on any atom is -0.493 e. The molecule has 130 valence electrons. The molecule has 0 aliphatic rings. The van der Waals surface area contributed by atoms with Crippen molar-refractivity contribution in [3.8, 4) is 17.2 Å². The van der Waals surface area contributed by atoms with Crippen LogP contribution < -0.4 is 14.2 Å². The lowest BCUT2D eigenvalue weighted by molar-refractivity contribution is 0.0739. The predicted molar refractivity (Wildman–Crippen MR) is 95.4 cm³/mol. The maximum atomic E-state index is 13.1. The molecule has 1 amide bonds. The predicted octanol–water partition coefficient (Wildman–Crippen LogP) is 3.83. The number of hydrogen-bond acceptors (Lipinski definition) is 5. The fourth-order valence-corrected chi connectivity index (χ4v) is 3.23. The SMILES string of the molecule is CCCN(Cc1ccsc1)C(=O)c1ccc(OC)c(OC)c1OC. The molecule has 0 unspecified atom stereocenters. The van der Waals surface area contributed by atoms with Crippen LogP contribution in [0.2, 0.25) is 0 Å². The van der Waals surface area contributed by atoms with Gasteiger partial charge in [-0.1, -0.05) is 6.92 Å². The monoisotopic (exact) mass is 349 g/mol. The molecule has 1 aromatic heterocycles. The Morgan fingerprint density at radius 2 is 1.83 bits per heavy atom. The third-order valence-corrected chi connectivity index (χ3v) is 4.40. The van der Waals surface area contributed by atoms with Crippen LogP contribution in [-0.2, 0) is 6.54 Å². The summed E-state index contributed by atoms with van der Waals surface area (Å²) in [7, 11) is 4.61. The van der Waals surface area contributed by atoms with Crippen molar-refractivity contribution in [3.05, 3.63) is 40.1 Å². The molecule has 1 aromatic carbocycles. The van der Waals surface area contributed by atoms with Crippen LogP contribution in [0.25, 0.3) is 0 Å². The molecule has 0 fully saturated rings. The van der Waals surface area contributed by atoms with Crippen LogP contribution in [0, 0.1) is 0 Å². The molecule has 0 spiro atoms. The maximum Gasteiger partial charge on any atom is 0.258 e. The van der Waals surface area contributed by atoms with E-state index in [4.69, 9.17) is 14.2 Å². The lowest BCUT2D eigenvalue weighted by Crippen LogP contribution is -2.31. The van der Waals surface area contributed by atoms with Gasteiger partial charge in [0.1, 0.15) is 0 Å². The molecule has 0 saturated heterocycles. The van der Waals surface area contributed by atoms with Gasteiger partial charge in [0, 0.05) is 13.1 Å². The molecular weight excluding hydrogens is 326 g/mol. The van der Waals surface area contributed by atoms with E-state index in [1.165, 1.54) is 14.2 Å². The number of carbonyl (C=O) groups excluding carboxylic acids is 1. The first-order valence-corrected chi connectivity index (χ1v) is 8.69. The van der Waals surface area contributed by atoms with Crippen molar-refractivity contribution in [2.45, 2.75) is 19.9 Å².